The number of nitrogens with zero attached hydrogens (tertiary/aromatic N) is 2. The zero-order chi connectivity index (χ0) is 14.7. The fraction of sp³-hybridized carbons (Fsp3) is 0.312. The molecule has 1 aromatic carbocycles. The lowest BCUT2D eigenvalue weighted by Gasteiger charge is -2.23. The van der Waals surface area contributed by atoms with Gasteiger partial charge in [0.2, 0.25) is 0 Å². The second kappa shape index (κ2) is 6.01. The fourth-order valence-corrected chi connectivity index (χ4v) is 2.22. The molecule has 106 valence electrons. The maximum atomic E-state index is 13.3. The summed E-state index contributed by atoms with van der Waals surface area (Å²) < 4.78 is 13.3. The van der Waals surface area contributed by atoms with Crippen LogP contribution >= 0.6 is 0 Å². The quantitative estimate of drug-likeness (QED) is 0.930. The van der Waals surface area contributed by atoms with E-state index in [1.165, 1.54) is 12.1 Å². The number of aryl methyl sites for hydroxylation is 1. The predicted molar refractivity (Wildman–Crippen MR) is 78.1 cm³/mol. The molecule has 1 N–H and O–H groups in total. The van der Waals surface area contributed by atoms with Crippen molar-refractivity contribution in [2.45, 2.75) is 26.5 Å². The summed E-state index contributed by atoms with van der Waals surface area (Å²) in [7, 11) is 1.91. The van der Waals surface area contributed by atoms with Gasteiger partial charge in [0.25, 0.3) is 0 Å². The van der Waals surface area contributed by atoms with Gasteiger partial charge in [-0.1, -0.05) is 6.07 Å². The van der Waals surface area contributed by atoms with E-state index < -0.39 is 6.10 Å². The Morgan fingerprint density at radius 3 is 2.70 bits per heavy atom. The largest absolute Gasteiger partial charge is 0.389 e. The third kappa shape index (κ3) is 3.33. The highest BCUT2D eigenvalue weighted by Gasteiger charge is 2.13. The molecule has 3 nitrogen and oxygen atoms in total. The molecule has 0 saturated carbocycles. The van der Waals surface area contributed by atoms with Gasteiger partial charge in [0.1, 0.15) is 5.82 Å². The second-order valence-electron chi connectivity index (χ2n) is 5.01. The minimum Gasteiger partial charge on any atom is -0.389 e. The van der Waals surface area contributed by atoms with E-state index in [1.807, 2.05) is 37.1 Å². The van der Waals surface area contributed by atoms with Crippen LogP contribution in [0.2, 0.25) is 0 Å². The average Bonchev–Trinajstić information content (AvgIpc) is 2.38. The van der Waals surface area contributed by atoms with Gasteiger partial charge in [-0.15, -0.1) is 0 Å². The first-order chi connectivity index (χ1) is 9.47. The van der Waals surface area contributed by atoms with Crippen LogP contribution in [0, 0.1) is 12.7 Å². The summed E-state index contributed by atoms with van der Waals surface area (Å²) in [6.07, 6.45) is -0.714. The van der Waals surface area contributed by atoms with E-state index in [0.29, 0.717) is 12.1 Å². The Labute approximate surface area is 118 Å². The molecule has 0 radical (unpaired) electrons. The zero-order valence-corrected chi connectivity index (χ0v) is 12.0. The summed E-state index contributed by atoms with van der Waals surface area (Å²) in [6.45, 7) is 4.19. The van der Waals surface area contributed by atoms with E-state index in [0.717, 1.165) is 17.1 Å². The SMILES string of the molecule is Cc1cccc(CN(C)c2ccc(F)cc2C(C)O)n1. The van der Waals surface area contributed by atoms with Gasteiger partial charge < -0.3 is 10.0 Å². The van der Waals surface area contributed by atoms with Gasteiger partial charge in [-0.05, 0) is 44.2 Å². The lowest BCUT2D eigenvalue weighted by molar-refractivity contribution is 0.199. The molecule has 20 heavy (non-hydrogen) atoms. The fourth-order valence-electron chi connectivity index (χ4n) is 2.22. The van der Waals surface area contributed by atoms with Crippen LogP contribution in [0.25, 0.3) is 0 Å². The molecule has 1 heterocycles. The van der Waals surface area contributed by atoms with E-state index in [1.54, 1.807) is 13.0 Å². The summed E-state index contributed by atoms with van der Waals surface area (Å²) in [5.74, 6) is -0.341. The van der Waals surface area contributed by atoms with Gasteiger partial charge in [0.05, 0.1) is 18.3 Å². The number of benzene rings is 1. The molecule has 0 aliphatic rings. The molecule has 0 bridgehead atoms. The van der Waals surface area contributed by atoms with E-state index in [-0.39, 0.29) is 5.82 Å². The van der Waals surface area contributed by atoms with Crippen LogP contribution < -0.4 is 4.90 Å². The Hall–Kier alpha value is -1.94. The molecular formula is C16H19FN2O. The van der Waals surface area contributed by atoms with Crippen molar-refractivity contribution < 1.29 is 9.50 Å². The maximum absolute atomic E-state index is 13.3. The molecule has 2 aromatic rings. The highest BCUT2D eigenvalue weighted by Crippen LogP contribution is 2.27. The van der Waals surface area contributed by atoms with E-state index in [9.17, 15) is 9.50 Å². The van der Waals surface area contributed by atoms with Crippen LogP contribution in [0.5, 0.6) is 0 Å². The molecule has 1 atom stereocenters. The standard InChI is InChI=1S/C16H19FN2O/c1-11-5-4-6-14(18-11)10-19(3)16-8-7-13(17)9-15(16)12(2)20/h4-9,12,20H,10H2,1-3H3. The number of hydrogen-bond acceptors (Lipinski definition) is 3. The lowest BCUT2D eigenvalue weighted by Crippen LogP contribution is -2.19. The number of halogens is 1. The zero-order valence-electron chi connectivity index (χ0n) is 12.0. The van der Waals surface area contributed by atoms with Crippen molar-refractivity contribution in [2.75, 3.05) is 11.9 Å². The van der Waals surface area contributed by atoms with Crippen molar-refractivity contribution in [3.63, 3.8) is 0 Å². The number of aliphatic hydroxyl groups excluding tert-OH is 1. The van der Waals surface area contributed by atoms with Gasteiger partial charge in [0.15, 0.2) is 0 Å². The summed E-state index contributed by atoms with van der Waals surface area (Å²) in [4.78, 5) is 6.41. The molecule has 0 spiro atoms. The Bertz CT molecular complexity index is 599. The van der Waals surface area contributed by atoms with Crippen LogP contribution in [0.15, 0.2) is 36.4 Å². The van der Waals surface area contributed by atoms with Crippen LogP contribution in [-0.2, 0) is 6.54 Å². The molecule has 0 saturated heterocycles. The van der Waals surface area contributed by atoms with Crippen molar-refractivity contribution in [1.29, 1.82) is 0 Å². The lowest BCUT2D eigenvalue weighted by atomic mass is 10.1. The maximum Gasteiger partial charge on any atom is 0.123 e. The normalized spacial score (nSPS) is 12.2. The Morgan fingerprint density at radius 2 is 2.05 bits per heavy atom. The summed E-state index contributed by atoms with van der Waals surface area (Å²) in [5.41, 5.74) is 3.30. The molecule has 1 unspecified atom stereocenters. The summed E-state index contributed by atoms with van der Waals surface area (Å²) in [5, 5.41) is 9.78. The Kier molecular flexibility index (Phi) is 4.35. The molecular weight excluding hydrogens is 255 g/mol. The summed E-state index contributed by atoms with van der Waals surface area (Å²) in [6, 6.07) is 10.3. The number of aliphatic hydroxyl groups is 1. The van der Waals surface area contributed by atoms with Crippen LogP contribution in [0.3, 0.4) is 0 Å². The van der Waals surface area contributed by atoms with Crippen LogP contribution in [-0.4, -0.2) is 17.1 Å². The highest BCUT2D eigenvalue weighted by atomic mass is 19.1. The number of hydrogen-bond donors (Lipinski definition) is 1. The number of aromatic nitrogens is 1. The molecule has 0 amide bonds. The summed E-state index contributed by atoms with van der Waals surface area (Å²) >= 11 is 0. The predicted octanol–water partition coefficient (Wildman–Crippen LogP) is 3.22. The first-order valence-electron chi connectivity index (χ1n) is 6.58. The monoisotopic (exact) mass is 274 g/mol. The minimum absolute atomic E-state index is 0.341. The van der Waals surface area contributed by atoms with Crippen molar-refractivity contribution in [3.8, 4) is 0 Å². The molecule has 0 aliphatic carbocycles. The van der Waals surface area contributed by atoms with Crippen molar-refractivity contribution in [3.05, 3.63) is 59.2 Å². The minimum atomic E-state index is -0.714. The molecule has 4 heteroatoms. The number of pyridine rings is 1. The molecule has 1 aromatic heterocycles. The second-order valence-corrected chi connectivity index (χ2v) is 5.01. The third-order valence-electron chi connectivity index (χ3n) is 3.20. The first kappa shape index (κ1) is 14.5. The van der Waals surface area contributed by atoms with Crippen LogP contribution in [0.1, 0.15) is 30.0 Å². The smallest absolute Gasteiger partial charge is 0.123 e. The topological polar surface area (TPSA) is 36.4 Å². The van der Waals surface area contributed by atoms with Gasteiger partial charge in [-0.3, -0.25) is 4.98 Å². The molecule has 0 fully saturated rings. The Morgan fingerprint density at radius 1 is 1.30 bits per heavy atom. The van der Waals surface area contributed by atoms with Gasteiger partial charge in [-0.2, -0.15) is 0 Å². The van der Waals surface area contributed by atoms with Gasteiger partial charge in [0, 0.05) is 24.0 Å². The van der Waals surface area contributed by atoms with E-state index in [4.69, 9.17) is 0 Å². The molecule has 0 aliphatic heterocycles. The average molecular weight is 274 g/mol. The van der Waals surface area contributed by atoms with Gasteiger partial charge >= 0.3 is 0 Å². The Balaban J connectivity index is 2.27. The third-order valence-corrected chi connectivity index (χ3v) is 3.20. The first-order valence-corrected chi connectivity index (χ1v) is 6.58. The highest BCUT2D eigenvalue weighted by molar-refractivity contribution is 5.54. The van der Waals surface area contributed by atoms with Gasteiger partial charge in [-0.25, -0.2) is 4.39 Å². The van der Waals surface area contributed by atoms with Crippen molar-refractivity contribution in [2.24, 2.45) is 0 Å². The number of anilines is 1. The van der Waals surface area contributed by atoms with Crippen molar-refractivity contribution >= 4 is 5.69 Å². The van der Waals surface area contributed by atoms with E-state index >= 15 is 0 Å². The van der Waals surface area contributed by atoms with Crippen molar-refractivity contribution in [1.82, 2.24) is 4.98 Å². The van der Waals surface area contributed by atoms with E-state index in [2.05, 4.69) is 4.98 Å². The molecule has 2 rings (SSSR count). The number of rotatable bonds is 4. The van der Waals surface area contributed by atoms with Crippen LogP contribution in [0.4, 0.5) is 10.1 Å².